The zero-order valence-corrected chi connectivity index (χ0v) is 15.6. The molecule has 1 amide bonds. The van der Waals surface area contributed by atoms with Crippen molar-refractivity contribution in [3.05, 3.63) is 64.6 Å². The lowest BCUT2D eigenvalue weighted by Gasteiger charge is -2.24. The third kappa shape index (κ3) is 3.12. The normalized spacial score (nSPS) is 17.2. The van der Waals surface area contributed by atoms with E-state index >= 15 is 0 Å². The molecule has 4 rings (SSSR count). The second-order valence-corrected chi connectivity index (χ2v) is 7.60. The van der Waals surface area contributed by atoms with E-state index in [0.29, 0.717) is 0 Å². The number of carbonyl (C=O) groups is 1. The molecule has 0 aliphatic carbocycles. The van der Waals surface area contributed by atoms with Crippen LogP contribution in [0.5, 0.6) is 0 Å². The fraction of sp³-hybridized carbons (Fsp3) is 0.263. The minimum absolute atomic E-state index is 0.121. The number of carbonyl (C=O) groups excluding carboxylic acids is 1. The van der Waals surface area contributed by atoms with Gasteiger partial charge in [0, 0.05) is 30.2 Å². The second kappa shape index (κ2) is 7.06. The Bertz CT molecular complexity index is 855. The molecule has 0 spiro atoms. The molecule has 4 nitrogen and oxygen atoms in total. The van der Waals surface area contributed by atoms with Crippen LogP contribution in [0.1, 0.15) is 34.8 Å². The van der Waals surface area contributed by atoms with Crippen LogP contribution in [-0.4, -0.2) is 33.2 Å². The van der Waals surface area contributed by atoms with Crippen molar-refractivity contribution in [2.75, 3.05) is 12.8 Å². The average Bonchev–Trinajstić information content (AvgIpc) is 3.41. The molecule has 1 aliphatic rings. The Hall–Kier alpha value is -2.05. The standard InChI is InChI=1S/C19H19N3OS2/c1-24-19-20-9-11-21(19)16-6-4-14(5-7-16)18(23)22-10-2-3-17(22)15-8-12-25-13-15/h4-9,11-13,17H,2-3,10H2,1H3/t17-/m0/s1. The third-order valence-electron chi connectivity index (χ3n) is 4.62. The van der Waals surface area contributed by atoms with E-state index in [0.717, 1.165) is 35.8 Å². The van der Waals surface area contributed by atoms with Gasteiger partial charge in [-0.2, -0.15) is 11.3 Å². The topological polar surface area (TPSA) is 38.1 Å². The van der Waals surface area contributed by atoms with E-state index in [9.17, 15) is 4.79 Å². The van der Waals surface area contributed by atoms with Crippen molar-refractivity contribution in [1.82, 2.24) is 14.5 Å². The van der Waals surface area contributed by atoms with Crippen molar-refractivity contribution in [2.45, 2.75) is 24.0 Å². The van der Waals surface area contributed by atoms with Crippen molar-refractivity contribution in [1.29, 1.82) is 0 Å². The predicted octanol–water partition coefficient (Wildman–Crippen LogP) is 4.63. The molecule has 0 N–H and O–H groups in total. The first-order valence-corrected chi connectivity index (χ1v) is 10.5. The zero-order chi connectivity index (χ0) is 17.2. The molecule has 0 saturated carbocycles. The molecule has 2 aromatic heterocycles. The van der Waals surface area contributed by atoms with Gasteiger partial charge in [0.2, 0.25) is 0 Å². The van der Waals surface area contributed by atoms with Crippen molar-refractivity contribution < 1.29 is 4.79 Å². The summed E-state index contributed by atoms with van der Waals surface area (Å²) in [4.78, 5) is 19.3. The number of imidazole rings is 1. The summed E-state index contributed by atoms with van der Waals surface area (Å²) < 4.78 is 2.03. The number of hydrogen-bond donors (Lipinski definition) is 0. The SMILES string of the molecule is CSc1nccn1-c1ccc(C(=O)N2CCC[C@H]2c2ccsc2)cc1. The first kappa shape index (κ1) is 16.4. The number of hydrogen-bond acceptors (Lipinski definition) is 4. The van der Waals surface area contributed by atoms with Gasteiger partial charge in [-0.05, 0) is 65.8 Å². The molecule has 25 heavy (non-hydrogen) atoms. The minimum Gasteiger partial charge on any atom is -0.332 e. The monoisotopic (exact) mass is 369 g/mol. The molecule has 0 unspecified atom stereocenters. The van der Waals surface area contributed by atoms with Crippen molar-refractivity contribution in [2.24, 2.45) is 0 Å². The van der Waals surface area contributed by atoms with Crippen LogP contribution in [0.4, 0.5) is 0 Å². The number of thioether (sulfide) groups is 1. The Morgan fingerprint density at radius 2 is 2.12 bits per heavy atom. The van der Waals surface area contributed by atoms with Gasteiger partial charge < -0.3 is 4.90 Å². The highest BCUT2D eigenvalue weighted by molar-refractivity contribution is 7.98. The number of benzene rings is 1. The molecule has 1 atom stereocenters. The zero-order valence-electron chi connectivity index (χ0n) is 14.0. The van der Waals surface area contributed by atoms with Gasteiger partial charge in [-0.1, -0.05) is 11.8 Å². The highest BCUT2D eigenvalue weighted by Gasteiger charge is 2.30. The van der Waals surface area contributed by atoms with E-state index in [1.807, 2.05) is 46.2 Å². The fourth-order valence-electron chi connectivity index (χ4n) is 3.39. The van der Waals surface area contributed by atoms with Gasteiger partial charge in [0.25, 0.3) is 5.91 Å². The van der Waals surface area contributed by atoms with Gasteiger partial charge in [0.1, 0.15) is 0 Å². The van der Waals surface area contributed by atoms with E-state index in [1.165, 1.54) is 5.56 Å². The maximum atomic E-state index is 13.0. The number of aromatic nitrogens is 2. The van der Waals surface area contributed by atoms with Crippen LogP contribution >= 0.6 is 23.1 Å². The minimum atomic E-state index is 0.121. The summed E-state index contributed by atoms with van der Waals surface area (Å²) in [5, 5.41) is 5.18. The number of likely N-dealkylation sites (tertiary alicyclic amines) is 1. The quantitative estimate of drug-likeness (QED) is 0.629. The van der Waals surface area contributed by atoms with Gasteiger partial charge >= 0.3 is 0 Å². The van der Waals surface area contributed by atoms with E-state index in [1.54, 1.807) is 29.3 Å². The van der Waals surface area contributed by atoms with Gasteiger partial charge in [-0.15, -0.1) is 0 Å². The lowest BCUT2D eigenvalue weighted by atomic mass is 10.1. The van der Waals surface area contributed by atoms with Crippen LogP contribution in [0.15, 0.2) is 58.6 Å². The lowest BCUT2D eigenvalue weighted by Crippen LogP contribution is -2.30. The molecule has 1 aromatic carbocycles. The molecule has 1 fully saturated rings. The molecular formula is C19H19N3OS2. The molecule has 3 heterocycles. The number of thiophene rings is 1. The molecule has 1 aliphatic heterocycles. The van der Waals surface area contributed by atoms with Crippen LogP contribution in [0, 0.1) is 0 Å². The summed E-state index contributed by atoms with van der Waals surface area (Å²) >= 11 is 3.30. The maximum absolute atomic E-state index is 13.0. The summed E-state index contributed by atoms with van der Waals surface area (Å²) in [6, 6.07) is 10.2. The van der Waals surface area contributed by atoms with E-state index in [2.05, 4.69) is 21.8 Å². The third-order valence-corrected chi connectivity index (χ3v) is 5.99. The van der Waals surface area contributed by atoms with E-state index in [-0.39, 0.29) is 11.9 Å². The van der Waals surface area contributed by atoms with Crippen LogP contribution in [0.25, 0.3) is 5.69 Å². The lowest BCUT2D eigenvalue weighted by molar-refractivity contribution is 0.0736. The van der Waals surface area contributed by atoms with Gasteiger partial charge in [0.15, 0.2) is 5.16 Å². The van der Waals surface area contributed by atoms with Crippen molar-refractivity contribution >= 4 is 29.0 Å². The van der Waals surface area contributed by atoms with Crippen LogP contribution in [0.2, 0.25) is 0 Å². The molecule has 0 radical (unpaired) electrons. The van der Waals surface area contributed by atoms with Crippen LogP contribution in [-0.2, 0) is 0 Å². The summed E-state index contributed by atoms with van der Waals surface area (Å²) in [6.07, 6.45) is 7.86. The highest BCUT2D eigenvalue weighted by atomic mass is 32.2. The summed E-state index contributed by atoms with van der Waals surface area (Å²) in [5.41, 5.74) is 3.03. The van der Waals surface area contributed by atoms with Gasteiger partial charge in [-0.3, -0.25) is 9.36 Å². The molecule has 3 aromatic rings. The van der Waals surface area contributed by atoms with Crippen LogP contribution in [0.3, 0.4) is 0 Å². The second-order valence-electron chi connectivity index (χ2n) is 6.04. The molecule has 1 saturated heterocycles. The summed E-state index contributed by atoms with van der Waals surface area (Å²) in [5.74, 6) is 0.121. The fourth-order valence-corrected chi connectivity index (χ4v) is 4.62. The Labute approximate surface area is 155 Å². The van der Waals surface area contributed by atoms with Crippen molar-refractivity contribution in [3.8, 4) is 5.69 Å². The van der Waals surface area contributed by atoms with Gasteiger partial charge in [0.05, 0.1) is 6.04 Å². The summed E-state index contributed by atoms with van der Waals surface area (Å²) in [7, 11) is 0. The Morgan fingerprint density at radius 3 is 2.84 bits per heavy atom. The molecule has 128 valence electrons. The highest BCUT2D eigenvalue weighted by Crippen LogP contribution is 2.34. The van der Waals surface area contributed by atoms with Crippen molar-refractivity contribution in [3.63, 3.8) is 0 Å². The predicted molar refractivity (Wildman–Crippen MR) is 103 cm³/mol. The molecule has 6 heteroatoms. The first-order chi connectivity index (χ1) is 12.3. The molecule has 0 bridgehead atoms. The smallest absolute Gasteiger partial charge is 0.254 e. The average molecular weight is 370 g/mol. The number of amides is 1. The van der Waals surface area contributed by atoms with E-state index < -0.39 is 0 Å². The van der Waals surface area contributed by atoms with Crippen LogP contribution < -0.4 is 0 Å². The Kier molecular flexibility index (Phi) is 4.63. The Balaban J connectivity index is 1.56. The number of rotatable bonds is 4. The molecular weight excluding hydrogens is 350 g/mol. The van der Waals surface area contributed by atoms with Gasteiger partial charge in [-0.25, -0.2) is 4.98 Å². The largest absolute Gasteiger partial charge is 0.332 e. The first-order valence-electron chi connectivity index (χ1n) is 8.29. The van der Waals surface area contributed by atoms with E-state index in [4.69, 9.17) is 0 Å². The number of nitrogens with zero attached hydrogens (tertiary/aromatic N) is 3. The summed E-state index contributed by atoms with van der Waals surface area (Å²) in [6.45, 7) is 0.833. The maximum Gasteiger partial charge on any atom is 0.254 e. The Morgan fingerprint density at radius 1 is 1.28 bits per heavy atom.